The van der Waals surface area contributed by atoms with Gasteiger partial charge in [-0.15, -0.1) is 0 Å². The standard InChI is InChI=1S/C9H10FNO/c1-7-4-3-5-9(10)8(7)6-11-12-2/h3-6H,1-2H3/b11-6+. The van der Waals surface area contributed by atoms with Crippen LogP contribution < -0.4 is 0 Å². The molecule has 0 aliphatic carbocycles. The number of benzene rings is 1. The topological polar surface area (TPSA) is 21.6 Å². The Bertz CT molecular complexity index is 276. The number of rotatable bonds is 2. The van der Waals surface area contributed by atoms with E-state index >= 15 is 0 Å². The third-order valence-corrected chi connectivity index (χ3v) is 1.56. The zero-order valence-electron chi connectivity index (χ0n) is 7.04. The van der Waals surface area contributed by atoms with Crippen molar-refractivity contribution < 1.29 is 9.23 Å². The van der Waals surface area contributed by atoms with E-state index in [1.165, 1.54) is 19.4 Å². The van der Waals surface area contributed by atoms with Crippen LogP contribution in [0.1, 0.15) is 11.1 Å². The minimum absolute atomic E-state index is 0.282. The first-order valence-corrected chi connectivity index (χ1v) is 3.57. The normalized spacial score (nSPS) is 10.6. The average molecular weight is 167 g/mol. The molecule has 0 saturated heterocycles. The summed E-state index contributed by atoms with van der Waals surface area (Å²) >= 11 is 0. The molecule has 64 valence electrons. The fourth-order valence-corrected chi connectivity index (χ4v) is 0.914. The van der Waals surface area contributed by atoms with E-state index in [0.29, 0.717) is 5.56 Å². The molecule has 0 bridgehead atoms. The van der Waals surface area contributed by atoms with E-state index < -0.39 is 0 Å². The molecule has 3 heteroatoms. The summed E-state index contributed by atoms with van der Waals surface area (Å²) in [6.07, 6.45) is 1.37. The predicted molar refractivity (Wildman–Crippen MR) is 45.7 cm³/mol. The van der Waals surface area contributed by atoms with Gasteiger partial charge >= 0.3 is 0 Å². The van der Waals surface area contributed by atoms with Gasteiger partial charge in [0.25, 0.3) is 0 Å². The molecule has 0 amide bonds. The SMILES string of the molecule is CO/N=C/c1c(C)cccc1F. The van der Waals surface area contributed by atoms with Gasteiger partial charge < -0.3 is 4.84 Å². The van der Waals surface area contributed by atoms with E-state index in [4.69, 9.17) is 0 Å². The number of nitrogens with zero attached hydrogens (tertiary/aromatic N) is 1. The van der Waals surface area contributed by atoms with Crippen molar-refractivity contribution in [3.63, 3.8) is 0 Å². The molecule has 0 saturated carbocycles. The first-order chi connectivity index (χ1) is 5.75. The summed E-state index contributed by atoms with van der Waals surface area (Å²) in [5.41, 5.74) is 1.31. The first-order valence-electron chi connectivity index (χ1n) is 3.57. The van der Waals surface area contributed by atoms with E-state index in [0.717, 1.165) is 5.56 Å². The van der Waals surface area contributed by atoms with Gasteiger partial charge in [0.05, 0.1) is 6.21 Å². The fraction of sp³-hybridized carbons (Fsp3) is 0.222. The smallest absolute Gasteiger partial charge is 0.132 e. The lowest BCUT2D eigenvalue weighted by molar-refractivity contribution is 0.215. The lowest BCUT2D eigenvalue weighted by Gasteiger charge is -1.99. The van der Waals surface area contributed by atoms with E-state index in [2.05, 4.69) is 9.99 Å². The maximum Gasteiger partial charge on any atom is 0.132 e. The molecular weight excluding hydrogens is 157 g/mol. The van der Waals surface area contributed by atoms with E-state index in [-0.39, 0.29) is 5.82 Å². The summed E-state index contributed by atoms with van der Waals surface area (Å²) in [7, 11) is 1.42. The van der Waals surface area contributed by atoms with Crippen LogP contribution in [-0.4, -0.2) is 13.3 Å². The molecule has 0 atom stereocenters. The van der Waals surface area contributed by atoms with Crippen LogP contribution in [-0.2, 0) is 4.84 Å². The molecule has 2 nitrogen and oxygen atoms in total. The zero-order chi connectivity index (χ0) is 8.97. The van der Waals surface area contributed by atoms with Gasteiger partial charge in [-0.1, -0.05) is 17.3 Å². The van der Waals surface area contributed by atoms with Gasteiger partial charge in [-0.25, -0.2) is 4.39 Å². The highest BCUT2D eigenvalue weighted by atomic mass is 19.1. The maximum absolute atomic E-state index is 13.0. The minimum atomic E-state index is -0.282. The molecule has 0 aliphatic rings. The molecule has 1 aromatic rings. The summed E-state index contributed by atoms with van der Waals surface area (Å²) in [6, 6.07) is 4.87. The van der Waals surface area contributed by atoms with Crippen LogP contribution in [0.4, 0.5) is 4.39 Å². The van der Waals surface area contributed by atoms with Gasteiger partial charge in [-0.2, -0.15) is 0 Å². The Kier molecular flexibility index (Phi) is 2.80. The number of aryl methyl sites for hydroxylation is 1. The highest BCUT2D eigenvalue weighted by Gasteiger charge is 2.00. The third-order valence-electron chi connectivity index (χ3n) is 1.56. The second kappa shape index (κ2) is 3.85. The Morgan fingerprint density at radius 2 is 2.25 bits per heavy atom. The van der Waals surface area contributed by atoms with Crippen molar-refractivity contribution in [3.05, 3.63) is 35.1 Å². The van der Waals surface area contributed by atoms with Gasteiger partial charge in [0.1, 0.15) is 12.9 Å². The van der Waals surface area contributed by atoms with Gasteiger partial charge in [0.15, 0.2) is 0 Å². The summed E-state index contributed by atoms with van der Waals surface area (Å²) < 4.78 is 13.0. The monoisotopic (exact) mass is 167 g/mol. The summed E-state index contributed by atoms with van der Waals surface area (Å²) in [4.78, 5) is 4.46. The van der Waals surface area contributed by atoms with Crippen molar-refractivity contribution in [2.45, 2.75) is 6.92 Å². The molecule has 0 spiro atoms. The van der Waals surface area contributed by atoms with Crippen LogP contribution in [0.25, 0.3) is 0 Å². The number of oxime groups is 1. The van der Waals surface area contributed by atoms with Crippen LogP contribution >= 0.6 is 0 Å². The Hall–Kier alpha value is -1.38. The second-order valence-electron chi connectivity index (χ2n) is 2.39. The molecule has 0 heterocycles. The Labute approximate surface area is 70.7 Å². The first kappa shape index (κ1) is 8.71. The summed E-state index contributed by atoms with van der Waals surface area (Å²) in [5.74, 6) is -0.282. The Balaban J connectivity index is 3.04. The van der Waals surface area contributed by atoms with Crippen LogP contribution in [0.15, 0.2) is 23.4 Å². The predicted octanol–water partition coefficient (Wildman–Crippen LogP) is 2.11. The molecule has 0 aliphatic heterocycles. The molecule has 0 aromatic heterocycles. The molecular formula is C9H10FNO. The van der Waals surface area contributed by atoms with E-state index in [1.807, 2.05) is 13.0 Å². The van der Waals surface area contributed by atoms with Crippen molar-refractivity contribution >= 4 is 6.21 Å². The average Bonchev–Trinajstić information content (AvgIpc) is 2.04. The molecule has 0 unspecified atom stereocenters. The highest BCUT2D eigenvalue weighted by Crippen LogP contribution is 2.09. The molecule has 1 rings (SSSR count). The van der Waals surface area contributed by atoms with Gasteiger partial charge in [0.2, 0.25) is 0 Å². The van der Waals surface area contributed by atoms with Crippen molar-refractivity contribution in [1.29, 1.82) is 0 Å². The van der Waals surface area contributed by atoms with Crippen molar-refractivity contribution in [2.24, 2.45) is 5.16 Å². The second-order valence-corrected chi connectivity index (χ2v) is 2.39. The molecule has 0 N–H and O–H groups in total. The summed E-state index contributed by atoms with van der Waals surface area (Å²) in [5, 5.41) is 3.50. The quantitative estimate of drug-likeness (QED) is 0.488. The Morgan fingerprint density at radius 1 is 1.50 bits per heavy atom. The molecule has 1 aromatic carbocycles. The van der Waals surface area contributed by atoms with Crippen LogP contribution in [0.5, 0.6) is 0 Å². The number of hydrogen-bond acceptors (Lipinski definition) is 2. The zero-order valence-corrected chi connectivity index (χ0v) is 7.04. The van der Waals surface area contributed by atoms with Gasteiger partial charge in [0, 0.05) is 5.56 Å². The lowest BCUT2D eigenvalue weighted by atomic mass is 10.1. The third kappa shape index (κ3) is 1.81. The molecule has 0 fully saturated rings. The fourth-order valence-electron chi connectivity index (χ4n) is 0.914. The van der Waals surface area contributed by atoms with Crippen LogP contribution in [0.2, 0.25) is 0 Å². The van der Waals surface area contributed by atoms with Crippen LogP contribution in [0.3, 0.4) is 0 Å². The minimum Gasteiger partial charge on any atom is -0.399 e. The van der Waals surface area contributed by atoms with Crippen LogP contribution in [0, 0.1) is 12.7 Å². The van der Waals surface area contributed by atoms with Gasteiger partial charge in [-0.05, 0) is 18.6 Å². The lowest BCUT2D eigenvalue weighted by Crippen LogP contribution is -1.92. The molecule has 0 radical (unpaired) electrons. The number of hydrogen-bond donors (Lipinski definition) is 0. The van der Waals surface area contributed by atoms with Gasteiger partial charge in [-0.3, -0.25) is 0 Å². The van der Waals surface area contributed by atoms with Crippen molar-refractivity contribution in [3.8, 4) is 0 Å². The summed E-state index contributed by atoms with van der Waals surface area (Å²) in [6.45, 7) is 1.82. The largest absolute Gasteiger partial charge is 0.399 e. The maximum atomic E-state index is 13.0. The van der Waals surface area contributed by atoms with Crippen molar-refractivity contribution in [1.82, 2.24) is 0 Å². The van der Waals surface area contributed by atoms with E-state index in [9.17, 15) is 4.39 Å². The Morgan fingerprint density at radius 3 is 2.83 bits per heavy atom. The van der Waals surface area contributed by atoms with Crippen molar-refractivity contribution in [2.75, 3.05) is 7.11 Å². The molecule has 12 heavy (non-hydrogen) atoms. The highest BCUT2D eigenvalue weighted by molar-refractivity contribution is 5.81. The van der Waals surface area contributed by atoms with E-state index in [1.54, 1.807) is 6.07 Å². The number of halogens is 1.